The van der Waals surface area contributed by atoms with Crippen molar-refractivity contribution in [2.75, 3.05) is 0 Å². The normalized spacial score (nSPS) is 13.9. The predicted octanol–water partition coefficient (Wildman–Crippen LogP) is 2.37. The average Bonchev–Trinajstić information content (AvgIpc) is 2.13. The zero-order valence-corrected chi connectivity index (χ0v) is 7.45. The van der Waals surface area contributed by atoms with Crippen LogP contribution in [0.3, 0.4) is 0 Å². The molecule has 0 saturated heterocycles. The number of hydrogen-bond donors (Lipinski definition) is 2. The van der Waals surface area contributed by atoms with Crippen molar-refractivity contribution in [2.45, 2.75) is 12.2 Å². The quantitative estimate of drug-likeness (QED) is 0.589. The summed E-state index contributed by atoms with van der Waals surface area (Å²) in [6.07, 6.45) is -5.08. The van der Waals surface area contributed by atoms with Gasteiger partial charge in [0.05, 0.1) is 5.56 Å². The first-order valence-electron chi connectivity index (χ1n) is 3.85. The monoisotopic (exact) mass is 245 g/mol. The number of aromatic hydroxyl groups is 1. The molecule has 3 N–H and O–H groups in total. The molecule has 2 nitrogen and oxygen atoms in total. The Kier molecular flexibility index (Phi) is 3.04. The van der Waals surface area contributed by atoms with Gasteiger partial charge >= 0.3 is 6.18 Å². The molecule has 1 atom stereocenters. The molecule has 0 aliphatic rings. The third-order valence-electron chi connectivity index (χ3n) is 1.84. The molecule has 0 aliphatic heterocycles. The van der Waals surface area contributed by atoms with E-state index in [4.69, 9.17) is 5.11 Å². The van der Waals surface area contributed by atoms with Crippen LogP contribution in [0.2, 0.25) is 0 Å². The van der Waals surface area contributed by atoms with Gasteiger partial charge in [-0.3, -0.25) is 0 Å². The first-order valence-corrected chi connectivity index (χ1v) is 3.85. The maximum absolute atomic E-state index is 12.9. The van der Waals surface area contributed by atoms with Gasteiger partial charge in [-0.25, -0.2) is 13.2 Å². The van der Waals surface area contributed by atoms with Crippen LogP contribution in [-0.2, 0) is 0 Å². The molecule has 0 amide bonds. The molecular formula is C8H5F6NO. The van der Waals surface area contributed by atoms with Gasteiger partial charge in [-0.15, -0.1) is 0 Å². The summed E-state index contributed by atoms with van der Waals surface area (Å²) >= 11 is 0. The summed E-state index contributed by atoms with van der Waals surface area (Å²) < 4.78 is 74.4. The molecule has 0 bridgehead atoms. The molecule has 1 aromatic carbocycles. The number of alkyl halides is 3. The van der Waals surface area contributed by atoms with Gasteiger partial charge in [0.25, 0.3) is 0 Å². The molecule has 0 heterocycles. The molecule has 0 aromatic heterocycles. The fraction of sp³-hybridized carbons (Fsp3) is 0.250. The summed E-state index contributed by atoms with van der Waals surface area (Å²) in [5.74, 6) is -7.45. The Morgan fingerprint density at radius 1 is 1.12 bits per heavy atom. The van der Waals surface area contributed by atoms with E-state index >= 15 is 0 Å². The summed E-state index contributed by atoms with van der Waals surface area (Å²) in [6.45, 7) is 0. The second-order valence-corrected chi connectivity index (χ2v) is 2.94. The van der Waals surface area contributed by atoms with Crippen LogP contribution in [0.15, 0.2) is 6.07 Å². The molecule has 16 heavy (non-hydrogen) atoms. The summed E-state index contributed by atoms with van der Waals surface area (Å²) in [5, 5.41) is 8.90. The molecule has 0 spiro atoms. The average molecular weight is 245 g/mol. The lowest BCUT2D eigenvalue weighted by Crippen LogP contribution is -2.29. The van der Waals surface area contributed by atoms with Crippen molar-refractivity contribution >= 4 is 0 Å². The molecule has 0 unspecified atom stereocenters. The number of phenolic OH excluding ortho intramolecular Hbond substituents is 1. The number of rotatable bonds is 1. The molecule has 8 heteroatoms. The van der Waals surface area contributed by atoms with Crippen molar-refractivity contribution < 1.29 is 31.4 Å². The second-order valence-electron chi connectivity index (χ2n) is 2.94. The SMILES string of the molecule is N[C@@H](c1c(O)cc(F)c(F)c1F)C(F)(F)F. The van der Waals surface area contributed by atoms with E-state index in [0.717, 1.165) is 0 Å². The molecule has 1 rings (SSSR count). The Labute approximate surface area is 85.3 Å². The molecule has 0 aliphatic carbocycles. The Hall–Kier alpha value is -1.44. The van der Waals surface area contributed by atoms with Crippen molar-refractivity contribution in [1.29, 1.82) is 0 Å². The number of halogens is 6. The van der Waals surface area contributed by atoms with Gasteiger partial charge < -0.3 is 10.8 Å². The maximum atomic E-state index is 12.9. The van der Waals surface area contributed by atoms with E-state index in [1.54, 1.807) is 0 Å². The highest BCUT2D eigenvalue weighted by Crippen LogP contribution is 2.37. The Bertz CT molecular complexity index is 416. The fourth-order valence-electron chi connectivity index (χ4n) is 1.06. The first-order chi connectivity index (χ1) is 7.16. The van der Waals surface area contributed by atoms with Crippen LogP contribution < -0.4 is 5.73 Å². The van der Waals surface area contributed by atoms with Crippen molar-refractivity contribution in [2.24, 2.45) is 5.73 Å². The van der Waals surface area contributed by atoms with Gasteiger partial charge in [-0.05, 0) is 0 Å². The Morgan fingerprint density at radius 3 is 2.06 bits per heavy atom. The minimum atomic E-state index is -5.08. The number of hydrogen-bond acceptors (Lipinski definition) is 2. The molecule has 0 radical (unpaired) electrons. The van der Waals surface area contributed by atoms with Crippen LogP contribution in [0.25, 0.3) is 0 Å². The van der Waals surface area contributed by atoms with Gasteiger partial charge in [0, 0.05) is 6.07 Å². The maximum Gasteiger partial charge on any atom is 0.407 e. The minimum absolute atomic E-state index is 0.0271. The standard InChI is InChI=1S/C8H5F6NO/c9-2-1-3(16)4(6(11)5(2)10)7(15)8(12,13)14/h1,7,16H,15H2/t7-/m0/s1. The lowest BCUT2D eigenvalue weighted by atomic mass is 10.0. The summed E-state index contributed by atoms with van der Waals surface area (Å²) in [7, 11) is 0. The predicted molar refractivity (Wildman–Crippen MR) is 41.0 cm³/mol. The van der Waals surface area contributed by atoms with Gasteiger partial charge in [0.1, 0.15) is 11.8 Å². The zero-order valence-electron chi connectivity index (χ0n) is 7.45. The summed E-state index contributed by atoms with van der Waals surface area (Å²) in [5.41, 5.74) is 3.06. The first kappa shape index (κ1) is 12.6. The molecule has 0 saturated carbocycles. The molecular weight excluding hydrogens is 240 g/mol. The van der Waals surface area contributed by atoms with Crippen LogP contribution in [0.4, 0.5) is 26.3 Å². The highest BCUT2D eigenvalue weighted by atomic mass is 19.4. The topological polar surface area (TPSA) is 46.2 Å². The van der Waals surface area contributed by atoms with Crippen LogP contribution in [0, 0.1) is 17.5 Å². The van der Waals surface area contributed by atoms with E-state index in [9.17, 15) is 26.3 Å². The van der Waals surface area contributed by atoms with Gasteiger partial charge in [0.15, 0.2) is 17.5 Å². The number of benzene rings is 1. The van der Waals surface area contributed by atoms with Crippen LogP contribution in [0.5, 0.6) is 5.75 Å². The van der Waals surface area contributed by atoms with Gasteiger partial charge in [-0.2, -0.15) is 13.2 Å². The third kappa shape index (κ3) is 2.06. The summed E-state index contributed by atoms with van der Waals surface area (Å²) in [6, 6.07) is -2.90. The highest BCUT2D eigenvalue weighted by Gasteiger charge is 2.42. The lowest BCUT2D eigenvalue weighted by Gasteiger charge is -2.17. The minimum Gasteiger partial charge on any atom is -0.507 e. The number of phenols is 1. The largest absolute Gasteiger partial charge is 0.507 e. The van der Waals surface area contributed by atoms with E-state index in [1.807, 2.05) is 0 Å². The number of nitrogens with two attached hydrogens (primary N) is 1. The Balaban J connectivity index is 3.40. The van der Waals surface area contributed by atoms with Crippen LogP contribution in [-0.4, -0.2) is 11.3 Å². The van der Waals surface area contributed by atoms with Crippen molar-refractivity contribution in [3.05, 3.63) is 29.1 Å². The van der Waals surface area contributed by atoms with Crippen LogP contribution >= 0.6 is 0 Å². The summed E-state index contributed by atoms with van der Waals surface area (Å²) in [4.78, 5) is 0. The molecule has 1 aromatic rings. The van der Waals surface area contributed by atoms with E-state index in [2.05, 4.69) is 5.73 Å². The third-order valence-corrected chi connectivity index (χ3v) is 1.84. The van der Waals surface area contributed by atoms with E-state index < -0.39 is 41.0 Å². The Morgan fingerprint density at radius 2 is 1.62 bits per heavy atom. The second kappa shape index (κ2) is 3.85. The van der Waals surface area contributed by atoms with Gasteiger partial charge in [-0.1, -0.05) is 0 Å². The fourth-order valence-corrected chi connectivity index (χ4v) is 1.06. The highest BCUT2D eigenvalue weighted by molar-refractivity contribution is 5.38. The van der Waals surface area contributed by atoms with Crippen molar-refractivity contribution in [3.8, 4) is 5.75 Å². The van der Waals surface area contributed by atoms with Crippen molar-refractivity contribution in [1.82, 2.24) is 0 Å². The van der Waals surface area contributed by atoms with Gasteiger partial charge in [0.2, 0.25) is 0 Å². The van der Waals surface area contributed by atoms with Crippen molar-refractivity contribution in [3.63, 3.8) is 0 Å². The van der Waals surface area contributed by atoms with E-state index in [1.165, 1.54) is 0 Å². The lowest BCUT2D eigenvalue weighted by molar-refractivity contribution is -0.150. The smallest absolute Gasteiger partial charge is 0.407 e. The van der Waals surface area contributed by atoms with E-state index in [0.29, 0.717) is 0 Å². The molecule has 90 valence electrons. The molecule has 0 fully saturated rings. The zero-order chi connectivity index (χ0) is 12.7. The van der Waals surface area contributed by atoms with E-state index in [-0.39, 0.29) is 6.07 Å². The van der Waals surface area contributed by atoms with Crippen LogP contribution in [0.1, 0.15) is 11.6 Å².